The van der Waals surface area contributed by atoms with Crippen molar-refractivity contribution in [2.45, 2.75) is 0 Å². The number of anilines is 1. The van der Waals surface area contributed by atoms with Gasteiger partial charge in [0, 0.05) is 17.4 Å². The van der Waals surface area contributed by atoms with Crippen LogP contribution >= 0.6 is 30.5 Å². The van der Waals surface area contributed by atoms with Crippen molar-refractivity contribution in [2.24, 2.45) is 0 Å². The van der Waals surface area contributed by atoms with Gasteiger partial charge in [0.25, 0.3) is 0 Å². The Morgan fingerprint density at radius 1 is 1.14 bits per heavy atom. The zero-order valence-electron chi connectivity index (χ0n) is 12.8. The molecule has 0 aromatic heterocycles. The SMILES string of the molecule is C[N+]1(C)CN(c2ccccc2)P(C)(=O)c2cc(Cl)cc(Cl)c21. The Kier molecular flexibility index (Phi) is 3.81. The molecule has 0 aliphatic carbocycles. The number of benzene rings is 2. The molecule has 116 valence electrons. The van der Waals surface area contributed by atoms with Crippen molar-refractivity contribution in [3.63, 3.8) is 0 Å². The first-order chi connectivity index (χ1) is 10.2. The summed E-state index contributed by atoms with van der Waals surface area (Å²) in [5.41, 5.74) is 1.84. The molecule has 3 nitrogen and oxygen atoms in total. The van der Waals surface area contributed by atoms with Crippen LogP contribution in [-0.4, -0.2) is 27.4 Å². The van der Waals surface area contributed by atoms with E-state index in [0.717, 1.165) is 16.7 Å². The summed E-state index contributed by atoms with van der Waals surface area (Å²) in [6.07, 6.45) is 0. The van der Waals surface area contributed by atoms with Crippen LogP contribution in [0.2, 0.25) is 10.0 Å². The number of quaternary nitrogens is 1. The summed E-state index contributed by atoms with van der Waals surface area (Å²) in [5.74, 6) is 0. The number of hydrogen-bond donors (Lipinski definition) is 0. The monoisotopic (exact) mass is 355 g/mol. The van der Waals surface area contributed by atoms with Crippen LogP contribution in [0.5, 0.6) is 0 Å². The lowest BCUT2D eigenvalue weighted by Gasteiger charge is -2.45. The van der Waals surface area contributed by atoms with Crippen molar-refractivity contribution in [1.82, 2.24) is 4.48 Å². The molecule has 0 bridgehead atoms. The molecule has 0 saturated carbocycles. The maximum atomic E-state index is 13.6. The zero-order chi connectivity index (χ0) is 16.1. The van der Waals surface area contributed by atoms with Crippen LogP contribution in [0, 0.1) is 0 Å². The third kappa shape index (κ3) is 2.47. The number of para-hydroxylation sites is 1. The minimum absolute atomic E-state index is 0.515. The lowest BCUT2D eigenvalue weighted by atomic mass is 10.2. The number of fused-ring (bicyclic) bond motifs is 1. The molecule has 22 heavy (non-hydrogen) atoms. The number of hydrogen-bond acceptors (Lipinski definition) is 1. The summed E-state index contributed by atoms with van der Waals surface area (Å²) in [7, 11) is 1.33. The van der Waals surface area contributed by atoms with E-state index in [9.17, 15) is 4.57 Å². The van der Waals surface area contributed by atoms with Gasteiger partial charge >= 0.3 is 0 Å². The van der Waals surface area contributed by atoms with Gasteiger partial charge in [-0.1, -0.05) is 41.4 Å². The highest BCUT2D eigenvalue weighted by Gasteiger charge is 2.45. The fourth-order valence-corrected chi connectivity index (χ4v) is 6.44. The van der Waals surface area contributed by atoms with Crippen molar-refractivity contribution in [1.29, 1.82) is 0 Å². The number of nitrogens with zero attached hydrogens (tertiary/aromatic N) is 2. The zero-order valence-corrected chi connectivity index (χ0v) is 15.2. The number of halogens is 2. The second-order valence-corrected chi connectivity index (χ2v) is 9.76. The van der Waals surface area contributed by atoms with Crippen molar-refractivity contribution in [2.75, 3.05) is 32.1 Å². The van der Waals surface area contributed by atoms with Gasteiger partial charge in [-0.15, -0.1) is 0 Å². The van der Waals surface area contributed by atoms with Crippen LogP contribution in [0.3, 0.4) is 0 Å². The Morgan fingerprint density at radius 3 is 2.41 bits per heavy atom. The second kappa shape index (κ2) is 5.28. The maximum absolute atomic E-state index is 13.6. The van der Waals surface area contributed by atoms with Crippen molar-refractivity contribution >= 4 is 47.2 Å². The average molecular weight is 356 g/mol. The van der Waals surface area contributed by atoms with Crippen LogP contribution in [0.1, 0.15) is 0 Å². The number of rotatable bonds is 1. The predicted molar refractivity (Wildman–Crippen MR) is 97.1 cm³/mol. The molecule has 0 radical (unpaired) electrons. The largest absolute Gasteiger partial charge is 0.295 e. The average Bonchev–Trinajstić information content (AvgIpc) is 2.43. The third-order valence-corrected chi connectivity index (χ3v) is 7.08. The minimum atomic E-state index is -2.79. The van der Waals surface area contributed by atoms with E-state index in [1.807, 2.05) is 35.0 Å². The molecular formula is C16H18Cl2N2OP+. The van der Waals surface area contributed by atoms with E-state index >= 15 is 0 Å². The van der Waals surface area contributed by atoms with Crippen LogP contribution in [0.4, 0.5) is 11.4 Å². The van der Waals surface area contributed by atoms with E-state index < -0.39 is 7.29 Å². The lowest BCUT2D eigenvalue weighted by molar-refractivity contribution is 0.406. The van der Waals surface area contributed by atoms with Crippen LogP contribution in [-0.2, 0) is 4.57 Å². The van der Waals surface area contributed by atoms with Crippen LogP contribution in [0.15, 0.2) is 42.5 Å². The molecule has 0 spiro atoms. The van der Waals surface area contributed by atoms with Gasteiger partial charge in [0.2, 0.25) is 7.29 Å². The van der Waals surface area contributed by atoms with E-state index in [4.69, 9.17) is 23.2 Å². The molecule has 2 aromatic rings. The standard InChI is InChI=1S/C16H18Cl2N2OP/c1-20(2)11-19(13-7-5-4-6-8-13)22(3,21)15-10-12(17)9-14(18)16(15)20/h4-10H,11H2,1-3H3/q+1. The summed E-state index contributed by atoms with van der Waals surface area (Å²) in [5, 5.41) is 1.83. The Bertz CT molecular complexity index is 777. The summed E-state index contributed by atoms with van der Waals surface area (Å²) >= 11 is 12.6. The molecule has 1 heterocycles. The summed E-state index contributed by atoms with van der Waals surface area (Å²) in [4.78, 5) is 0. The summed E-state index contributed by atoms with van der Waals surface area (Å²) < 4.78 is 16.1. The second-order valence-electron chi connectivity index (χ2n) is 6.20. The summed E-state index contributed by atoms with van der Waals surface area (Å²) in [6, 6.07) is 13.3. The van der Waals surface area contributed by atoms with E-state index in [-0.39, 0.29) is 0 Å². The molecule has 3 rings (SSSR count). The first kappa shape index (κ1) is 15.9. The first-order valence-electron chi connectivity index (χ1n) is 6.97. The Hall–Kier alpha value is -0.990. The molecule has 0 saturated heterocycles. The van der Waals surface area contributed by atoms with Gasteiger partial charge in [-0.3, -0.25) is 13.7 Å². The lowest BCUT2D eigenvalue weighted by Crippen LogP contribution is -2.55. The fraction of sp³-hybridized carbons (Fsp3) is 0.250. The molecule has 1 atom stereocenters. The Labute approximate surface area is 141 Å². The van der Waals surface area contributed by atoms with E-state index in [0.29, 0.717) is 21.2 Å². The molecule has 1 aliphatic rings. The van der Waals surface area contributed by atoms with Gasteiger partial charge in [0.1, 0.15) is 5.02 Å². The highest BCUT2D eigenvalue weighted by molar-refractivity contribution is 7.72. The molecule has 1 unspecified atom stereocenters. The smallest absolute Gasteiger partial charge is 0.208 e. The Morgan fingerprint density at radius 2 is 1.77 bits per heavy atom. The van der Waals surface area contributed by atoms with Gasteiger partial charge in [0.15, 0.2) is 12.4 Å². The molecule has 2 aromatic carbocycles. The third-order valence-electron chi connectivity index (χ3n) is 4.06. The Balaban J connectivity index is 2.27. The van der Waals surface area contributed by atoms with Crippen molar-refractivity contribution < 1.29 is 4.57 Å². The predicted octanol–water partition coefficient (Wildman–Crippen LogP) is 4.57. The van der Waals surface area contributed by atoms with Gasteiger partial charge in [-0.2, -0.15) is 0 Å². The normalized spacial score (nSPS) is 23.2. The van der Waals surface area contributed by atoms with E-state index in [2.05, 4.69) is 14.1 Å². The molecule has 0 fully saturated rings. The van der Waals surface area contributed by atoms with Crippen LogP contribution in [0.25, 0.3) is 0 Å². The minimum Gasteiger partial charge on any atom is -0.295 e. The fourth-order valence-electron chi connectivity index (χ4n) is 3.03. The van der Waals surface area contributed by atoms with Gasteiger partial charge in [-0.05, 0) is 24.3 Å². The van der Waals surface area contributed by atoms with E-state index in [1.165, 1.54) is 0 Å². The van der Waals surface area contributed by atoms with Crippen LogP contribution < -0.4 is 14.5 Å². The molecule has 1 aliphatic heterocycles. The topological polar surface area (TPSA) is 20.3 Å². The molecule has 6 heteroatoms. The van der Waals surface area contributed by atoms with Gasteiger partial charge in [0.05, 0.1) is 19.4 Å². The van der Waals surface area contributed by atoms with E-state index in [1.54, 1.807) is 18.8 Å². The summed E-state index contributed by atoms with van der Waals surface area (Å²) in [6.45, 7) is 2.37. The maximum Gasteiger partial charge on any atom is 0.208 e. The molecule has 0 N–H and O–H groups in total. The molecule has 0 amide bonds. The highest BCUT2D eigenvalue weighted by Crippen LogP contribution is 2.55. The highest BCUT2D eigenvalue weighted by atomic mass is 35.5. The van der Waals surface area contributed by atoms with Gasteiger partial charge < -0.3 is 0 Å². The van der Waals surface area contributed by atoms with Crippen molar-refractivity contribution in [3.8, 4) is 0 Å². The first-order valence-corrected chi connectivity index (χ1v) is 9.83. The van der Waals surface area contributed by atoms with Gasteiger partial charge in [-0.25, -0.2) is 0 Å². The molecular weight excluding hydrogens is 338 g/mol. The quantitative estimate of drug-likeness (QED) is 0.551. The van der Waals surface area contributed by atoms with Crippen molar-refractivity contribution in [3.05, 3.63) is 52.5 Å².